The molecule has 0 bridgehead atoms. The van der Waals surface area contributed by atoms with Crippen molar-refractivity contribution in [2.45, 2.75) is 6.92 Å². The first-order valence-corrected chi connectivity index (χ1v) is 8.46. The normalized spacial score (nSPS) is 10.4. The van der Waals surface area contributed by atoms with Crippen molar-refractivity contribution in [2.75, 3.05) is 31.7 Å². The number of nitrogens with zero attached hydrogens (tertiary/aromatic N) is 2. The van der Waals surface area contributed by atoms with Crippen molar-refractivity contribution in [3.8, 4) is 17.2 Å². The number of anilines is 1. The number of rotatable bonds is 7. The number of hydrogen-bond donors (Lipinski definition) is 1. The summed E-state index contributed by atoms with van der Waals surface area (Å²) in [5.74, 6) is -1.00. The van der Waals surface area contributed by atoms with Gasteiger partial charge in [0.15, 0.2) is 0 Å². The highest BCUT2D eigenvalue weighted by atomic mass is 32.1. The van der Waals surface area contributed by atoms with Gasteiger partial charge < -0.3 is 14.7 Å². The van der Waals surface area contributed by atoms with E-state index in [-0.39, 0.29) is 4.88 Å². The Hall–Kier alpha value is -1.88. The van der Waals surface area contributed by atoms with E-state index < -0.39 is 5.97 Å². The highest BCUT2D eigenvalue weighted by Gasteiger charge is 2.26. The molecule has 7 heteroatoms. The van der Waals surface area contributed by atoms with Gasteiger partial charge in [0.05, 0.1) is 12.2 Å². The molecule has 0 unspecified atom stereocenters. The Balaban J connectivity index is 2.59. The number of ether oxygens (including phenoxy) is 1. The van der Waals surface area contributed by atoms with E-state index in [9.17, 15) is 15.2 Å². The predicted molar refractivity (Wildman–Crippen MR) is 89.1 cm³/mol. The van der Waals surface area contributed by atoms with Gasteiger partial charge in [-0.2, -0.15) is 16.6 Å². The molecule has 0 radical (unpaired) electrons. The van der Waals surface area contributed by atoms with Crippen molar-refractivity contribution in [2.24, 2.45) is 0 Å². The van der Waals surface area contributed by atoms with Gasteiger partial charge in [-0.1, -0.05) is 0 Å². The van der Waals surface area contributed by atoms with Gasteiger partial charge in [-0.25, -0.2) is 4.79 Å². The molecule has 22 heavy (non-hydrogen) atoms. The summed E-state index contributed by atoms with van der Waals surface area (Å²) in [6.45, 7) is 3.79. The van der Waals surface area contributed by atoms with Crippen molar-refractivity contribution in [1.82, 2.24) is 0 Å². The van der Waals surface area contributed by atoms with Crippen LogP contribution >= 0.6 is 22.7 Å². The minimum absolute atomic E-state index is 0.209. The molecule has 0 saturated heterocycles. The van der Waals surface area contributed by atoms with E-state index in [4.69, 9.17) is 4.74 Å². The van der Waals surface area contributed by atoms with Crippen LogP contribution in [0.4, 0.5) is 5.00 Å². The van der Waals surface area contributed by atoms with E-state index in [1.165, 1.54) is 11.3 Å². The number of methoxy groups -OCH3 is 1. The zero-order valence-corrected chi connectivity index (χ0v) is 14.0. The molecule has 0 amide bonds. The number of likely N-dealkylation sites (N-methyl/N-ethyl adjacent to an activating group) is 1. The molecule has 0 spiro atoms. The lowest BCUT2D eigenvalue weighted by atomic mass is 10.0. The summed E-state index contributed by atoms with van der Waals surface area (Å²) in [5, 5.41) is 23.5. The molecule has 5 nitrogen and oxygen atoms in total. The lowest BCUT2D eigenvalue weighted by Crippen LogP contribution is -2.26. The van der Waals surface area contributed by atoms with E-state index in [0.29, 0.717) is 35.8 Å². The number of carboxylic acid groups (broad SMARTS) is 1. The topological polar surface area (TPSA) is 73.6 Å². The Morgan fingerprint density at radius 3 is 2.82 bits per heavy atom. The predicted octanol–water partition coefficient (Wildman–Crippen LogP) is 3.52. The zero-order valence-electron chi connectivity index (χ0n) is 12.3. The summed E-state index contributed by atoms with van der Waals surface area (Å²) in [7, 11) is 1.62. The maximum atomic E-state index is 11.6. The van der Waals surface area contributed by atoms with Crippen molar-refractivity contribution >= 4 is 33.6 Å². The third kappa shape index (κ3) is 3.14. The third-order valence-electron chi connectivity index (χ3n) is 3.24. The first kappa shape index (κ1) is 16.5. The smallest absolute Gasteiger partial charge is 0.346 e. The molecule has 0 aliphatic rings. The van der Waals surface area contributed by atoms with Crippen molar-refractivity contribution < 1.29 is 14.6 Å². The molecular formula is C15H16N2O3S2. The molecule has 1 N–H and O–H groups in total. The van der Waals surface area contributed by atoms with Gasteiger partial charge in [0.25, 0.3) is 0 Å². The van der Waals surface area contributed by atoms with Crippen LogP contribution in [0.5, 0.6) is 0 Å². The summed E-state index contributed by atoms with van der Waals surface area (Å²) < 4.78 is 5.09. The molecular weight excluding hydrogens is 320 g/mol. The SMILES string of the molecule is CCN(CCOC)c1sc(C(=O)O)c(-c2ccsc2)c1C#N. The minimum atomic E-state index is -1.00. The number of nitriles is 1. The third-order valence-corrected chi connectivity index (χ3v) is 5.16. The van der Waals surface area contributed by atoms with Crippen LogP contribution in [0, 0.1) is 11.3 Å². The molecule has 0 fully saturated rings. The molecule has 2 rings (SSSR count). The van der Waals surface area contributed by atoms with Crippen LogP contribution in [0.1, 0.15) is 22.2 Å². The molecule has 0 aromatic carbocycles. The van der Waals surface area contributed by atoms with Crippen molar-refractivity contribution in [1.29, 1.82) is 5.26 Å². The Morgan fingerprint density at radius 2 is 2.32 bits per heavy atom. The second kappa shape index (κ2) is 7.40. The van der Waals surface area contributed by atoms with Crippen LogP contribution in [0.3, 0.4) is 0 Å². The molecule has 0 aliphatic carbocycles. The number of hydrogen-bond acceptors (Lipinski definition) is 6. The van der Waals surface area contributed by atoms with E-state index in [2.05, 4.69) is 6.07 Å². The molecule has 0 saturated carbocycles. The van der Waals surface area contributed by atoms with Crippen molar-refractivity contribution in [3.05, 3.63) is 27.3 Å². The molecule has 0 aliphatic heterocycles. The first-order valence-electron chi connectivity index (χ1n) is 6.70. The largest absolute Gasteiger partial charge is 0.477 e. The summed E-state index contributed by atoms with van der Waals surface area (Å²) in [6, 6.07) is 4.03. The Bertz CT molecular complexity index is 686. The van der Waals surface area contributed by atoms with Gasteiger partial charge in [-0.05, 0) is 29.3 Å². The minimum Gasteiger partial charge on any atom is -0.477 e. The zero-order chi connectivity index (χ0) is 16.1. The number of carboxylic acids is 1. The molecule has 2 aromatic rings. The van der Waals surface area contributed by atoms with E-state index in [1.54, 1.807) is 7.11 Å². The van der Waals surface area contributed by atoms with Gasteiger partial charge >= 0.3 is 5.97 Å². The number of aromatic carboxylic acids is 1. The summed E-state index contributed by atoms with van der Waals surface area (Å²) >= 11 is 2.63. The summed E-state index contributed by atoms with van der Waals surface area (Å²) in [5.41, 5.74) is 1.73. The van der Waals surface area contributed by atoms with Gasteiger partial charge in [0.1, 0.15) is 15.9 Å². The van der Waals surface area contributed by atoms with E-state index in [0.717, 1.165) is 16.9 Å². The average molecular weight is 336 g/mol. The van der Waals surface area contributed by atoms with Gasteiger partial charge in [-0.3, -0.25) is 0 Å². The Morgan fingerprint density at radius 1 is 1.55 bits per heavy atom. The fourth-order valence-corrected chi connectivity index (χ4v) is 4.03. The second-order valence-electron chi connectivity index (χ2n) is 4.49. The first-order chi connectivity index (χ1) is 10.6. The van der Waals surface area contributed by atoms with E-state index >= 15 is 0 Å². The lowest BCUT2D eigenvalue weighted by molar-refractivity contribution is 0.0703. The maximum Gasteiger partial charge on any atom is 0.346 e. The number of carbonyl (C=O) groups is 1. The molecule has 116 valence electrons. The monoisotopic (exact) mass is 336 g/mol. The van der Waals surface area contributed by atoms with E-state index in [1.807, 2.05) is 28.7 Å². The highest BCUT2D eigenvalue weighted by molar-refractivity contribution is 7.18. The van der Waals surface area contributed by atoms with Crippen LogP contribution in [0.2, 0.25) is 0 Å². The molecule has 2 aromatic heterocycles. The maximum absolute atomic E-state index is 11.6. The fourth-order valence-electron chi connectivity index (χ4n) is 2.18. The van der Waals surface area contributed by atoms with Crippen LogP contribution in [-0.2, 0) is 4.74 Å². The highest BCUT2D eigenvalue weighted by Crippen LogP contribution is 2.42. The van der Waals surface area contributed by atoms with Crippen LogP contribution < -0.4 is 4.90 Å². The van der Waals surface area contributed by atoms with Crippen molar-refractivity contribution in [3.63, 3.8) is 0 Å². The standard InChI is InChI=1S/C15H16N2O3S2/c1-3-17(5-6-20-2)14-11(8-16)12(10-4-7-21-9-10)13(22-14)15(18)19/h4,7,9H,3,5-6H2,1-2H3,(H,18,19). The summed E-state index contributed by atoms with van der Waals surface area (Å²) in [4.78, 5) is 13.8. The van der Waals surface area contributed by atoms with Crippen LogP contribution in [0.15, 0.2) is 16.8 Å². The van der Waals surface area contributed by atoms with Gasteiger partial charge in [0.2, 0.25) is 0 Å². The lowest BCUT2D eigenvalue weighted by Gasteiger charge is -2.21. The summed E-state index contributed by atoms with van der Waals surface area (Å²) in [6.07, 6.45) is 0. The van der Waals surface area contributed by atoms with Gasteiger partial charge in [0, 0.05) is 25.8 Å². The second-order valence-corrected chi connectivity index (χ2v) is 6.27. The average Bonchev–Trinajstić information content (AvgIpc) is 3.14. The van der Waals surface area contributed by atoms with Crippen LogP contribution in [0.25, 0.3) is 11.1 Å². The Labute approximate surface area is 137 Å². The molecule has 0 atom stereocenters. The fraction of sp³-hybridized carbons (Fsp3) is 0.333. The number of thiophene rings is 2. The molecule has 2 heterocycles. The van der Waals surface area contributed by atoms with Crippen LogP contribution in [-0.4, -0.2) is 37.9 Å². The Kier molecular flexibility index (Phi) is 5.55. The quantitative estimate of drug-likeness (QED) is 0.837. The van der Waals surface area contributed by atoms with Gasteiger partial charge in [-0.15, -0.1) is 11.3 Å².